The van der Waals surface area contributed by atoms with Crippen molar-refractivity contribution >= 4 is 34.1 Å². The minimum Gasteiger partial charge on any atom is -0.494 e. The average molecular weight is 426 g/mol. The summed E-state index contributed by atoms with van der Waals surface area (Å²) in [5.41, 5.74) is 2.78. The summed E-state index contributed by atoms with van der Waals surface area (Å²) in [7, 11) is 0. The smallest absolute Gasteiger partial charge is 0.226 e. The molecule has 0 unspecified atom stereocenters. The van der Waals surface area contributed by atoms with Crippen molar-refractivity contribution in [2.45, 2.75) is 40.2 Å². The fourth-order valence-electron chi connectivity index (χ4n) is 3.80. The fraction of sp³-hybridized carbons (Fsp3) is 0.455. The molecule has 0 spiro atoms. The summed E-state index contributed by atoms with van der Waals surface area (Å²) >= 11 is 1.60. The first-order chi connectivity index (χ1) is 14.5. The van der Waals surface area contributed by atoms with Crippen LogP contribution in [0.3, 0.4) is 0 Å². The number of anilines is 1. The lowest BCUT2D eigenvalue weighted by Gasteiger charge is -2.31. The van der Waals surface area contributed by atoms with E-state index in [0.717, 1.165) is 64.9 Å². The molecular weight excluding hydrogens is 398 g/mol. The Morgan fingerprint density at radius 1 is 1.23 bits per heavy atom. The van der Waals surface area contributed by atoms with Gasteiger partial charge in [-0.25, -0.2) is 15.0 Å². The number of piperidine rings is 1. The van der Waals surface area contributed by atoms with Crippen LogP contribution in [0.1, 0.15) is 36.2 Å². The maximum atomic E-state index is 12.5. The molecular formula is C22H27N5O2S. The molecule has 3 heterocycles. The van der Waals surface area contributed by atoms with Crippen LogP contribution < -0.4 is 15.0 Å². The summed E-state index contributed by atoms with van der Waals surface area (Å²) in [6.07, 6.45) is 1.59. The predicted octanol–water partition coefficient (Wildman–Crippen LogP) is 3.63. The summed E-state index contributed by atoms with van der Waals surface area (Å²) in [5, 5.41) is 7.06. The van der Waals surface area contributed by atoms with Gasteiger partial charge in [0, 0.05) is 29.8 Å². The Hall–Kier alpha value is -2.74. The number of carbonyl (C=O) groups is 1. The van der Waals surface area contributed by atoms with Crippen LogP contribution in [0.25, 0.3) is 10.9 Å². The molecule has 1 aromatic carbocycles. The van der Waals surface area contributed by atoms with E-state index in [1.807, 2.05) is 44.4 Å². The van der Waals surface area contributed by atoms with E-state index in [0.29, 0.717) is 13.2 Å². The molecule has 1 fully saturated rings. The van der Waals surface area contributed by atoms with Gasteiger partial charge in [-0.3, -0.25) is 4.79 Å². The number of amides is 1. The highest BCUT2D eigenvalue weighted by Crippen LogP contribution is 2.26. The van der Waals surface area contributed by atoms with E-state index in [9.17, 15) is 4.79 Å². The third-order valence-corrected chi connectivity index (χ3v) is 6.24. The van der Waals surface area contributed by atoms with Gasteiger partial charge in [0.2, 0.25) is 11.9 Å². The molecule has 1 aliphatic heterocycles. The number of hydrogen-bond donors (Lipinski definition) is 1. The Kier molecular flexibility index (Phi) is 6.13. The van der Waals surface area contributed by atoms with Gasteiger partial charge < -0.3 is 15.0 Å². The number of thiazole rings is 1. The molecule has 0 atom stereocenters. The lowest BCUT2D eigenvalue weighted by Crippen LogP contribution is -2.41. The number of carbonyl (C=O) groups excluding carboxylic acids is 1. The Bertz CT molecular complexity index is 1040. The van der Waals surface area contributed by atoms with E-state index in [2.05, 4.69) is 15.2 Å². The van der Waals surface area contributed by atoms with Crippen molar-refractivity contribution in [2.75, 3.05) is 24.6 Å². The molecule has 0 saturated carbocycles. The number of nitrogens with zero attached hydrogens (tertiary/aromatic N) is 4. The Morgan fingerprint density at radius 3 is 2.73 bits per heavy atom. The normalized spacial score (nSPS) is 14.8. The highest BCUT2D eigenvalue weighted by Gasteiger charge is 2.26. The van der Waals surface area contributed by atoms with Gasteiger partial charge in [0.15, 0.2) is 0 Å². The summed E-state index contributed by atoms with van der Waals surface area (Å²) in [5.74, 6) is 1.71. The molecule has 8 heteroatoms. The second-order valence-electron chi connectivity index (χ2n) is 7.56. The van der Waals surface area contributed by atoms with Gasteiger partial charge in [0.1, 0.15) is 5.75 Å². The van der Waals surface area contributed by atoms with Crippen molar-refractivity contribution < 1.29 is 9.53 Å². The minimum absolute atomic E-state index is 0.0243. The maximum Gasteiger partial charge on any atom is 0.226 e. The van der Waals surface area contributed by atoms with Crippen molar-refractivity contribution in [1.29, 1.82) is 0 Å². The van der Waals surface area contributed by atoms with E-state index in [1.165, 1.54) is 0 Å². The number of ether oxygens (including phenoxy) is 1. The van der Waals surface area contributed by atoms with Gasteiger partial charge in [0.05, 0.1) is 35.1 Å². The molecule has 7 nitrogen and oxygen atoms in total. The van der Waals surface area contributed by atoms with Gasteiger partial charge in [-0.2, -0.15) is 0 Å². The number of aryl methyl sites for hydroxylation is 2. The van der Waals surface area contributed by atoms with Gasteiger partial charge in [-0.1, -0.05) is 0 Å². The van der Waals surface area contributed by atoms with Crippen molar-refractivity contribution in [2.24, 2.45) is 5.92 Å². The molecule has 3 aromatic rings. The maximum absolute atomic E-state index is 12.5. The first-order valence-electron chi connectivity index (χ1n) is 10.4. The third-order valence-electron chi connectivity index (χ3n) is 5.42. The summed E-state index contributed by atoms with van der Waals surface area (Å²) < 4.78 is 5.59. The highest BCUT2D eigenvalue weighted by atomic mass is 32.1. The molecule has 1 N–H and O–H groups in total. The van der Waals surface area contributed by atoms with Crippen molar-refractivity contribution in [1.82, 2.24) is 20.3 Å². The van der Waals surface area contributed by atoms with Crippen molar-refractivity contribution in [3.63, 3.8) is 0 Å². The van der Waals surface area contributed by atoms with E-state index in [1.54, 1.807) is 11.3 Å². The van der Waals surface area contributed by atoms with E-state index in [4.69, 9.17) is 14.7 Å². The zero-order chi connectivity index (χ0) is 21.1. The number of hydrogen-bond acceptors (Lipinski definition) is 7. The topological polar surface area (TPSA) is 80.2 Å². The van der Waals surface area contributed by atoms with Crippen molar-refractivity contribution in [3.8, 4) is 5.75 Å². The molecule has 158 valence electrons. The van der Waals surface area contributed by atoms with Crippen LogP contribution in [0, 0.1) is 19.8 Å². The van der Waals surface area contributed by atoms with Gasteiger partial charge in [-0.15, -0.1) is 11.3 Å². The Morgan fingerprint density at radius 2 is 2.03 bits per heavy atom. The quantitative estimate of drug-likeness (QED) is 0.650. The summed E-state index contributed by atoms with van der Waals surface area (Å²) in [6.45, 7) is 8.63. The molecule has 2 aromatic heterocycles. The zero-order valence-corrected chi connectivity index (χ0v) is 18.5. The Balaban J connectivity index is 1.38. The lowest BCUT2D eigenvalue weighted by molar-refractivity contribution is -0.125. The largest absolute Gasteiger partial charge is 0.494 e. The lowest BCUT2D eigenvalue weighted by atomic mass is 9.96. The average Bonchev–Trinajstić information content (AvgIpc) is 3.18. The van der Waals surface area contributed by atoms with Crippen molar-refractivity contribution in [3.05, 3.63) is 40.0 Å². The molecule has 0 bridgehead atoms. The van der Waals surface area contributed by atoms with E-state index < -0.39 is 0 Å². The van der Waals surface area contributed by atoms with Crippen LogP contribution >= 0.6 is 11.3 Å². The molecule has 30 heavy (non-hydrogen) atoms. The molecule has 0 aliphatic carbocycles. The van der Waals surface area contributed by atoms with Crippen LogP contribution in [0.4, 0.5) is 5.95 Å². The first-order valence-corrected chi connectivity index (χ1v) is 11.3. The monoisotopic (exact) mass is 425 g/mol. The standard InChI is InChI=1S/C22H27N5O2S/c1-4-29-18-5-6-20-19(11-18)14(2)24-22(26-20)27-9-7-16(8-10-27)21(28)23-12-17-13-30-15(3)25-17/h5-6,11,13,16H,4,7-10,12H2,1-3H3,(H,23,28). The van der Waals surface area contributed by atoms with Crippen LogP contribution in [-0.4, -0.2) is 40.6 Å². The molecule has 1 aliphatic rings. The number of benzene rings is 1. The van der Waals surface area contributed by atoms with E-state index >= 15 is 0 Å². The van der Waals surface area contributed by atoms with Crippen LogP contribution in [-0.2, 0) is 11.3 Å². The molecule has 1 saturated heterocycles. The fourth-order valence-corrected chi connectivity index (χ4v) is 4.41. The van der Waals surface area contributed by atoms with Crippen LogP contribution in [0.5, 0.6) is 5.75 Å². The van der Waals surface area contributed by atoms with Crippen LogP contribution in [0.15, 0.2) is 23.6 Å². The summed E-state index contributed by atoms with van der Waals surface area (Å²) in [4.78, 5) is 28.6. The second-order valence-corrected chi connectivity index (χ2v) is 8.62. The van der Waals surface area contributed by atoms with Crippen LogP contribution in [0.2, 0.25) is 0 Å². The Labute approximate surface area is 180 Å². The molecule has 0 radical (unpaired) electrons. The number of nitrogens with one attached hydrogen (secondary N) is 1. The predicted molar refractivity (Wildman–Crippen MR) is 119 cm³/mol. The highest BCUT2D eigenvalue weighted by molar-refractivity contribution is 7.09. The summed E-state index contributed by atoms with van der Waals surface area (Å²) in [6, 6.07) is 5.93. The second kappa shape index (κ2) is 8.95. The van der Waals surface area contributed by atoms with E-state index in [-0.39, 0.29) is 11.8 Å². The molecule has 1 amide bonds. The van der Waals surface area contributed by atoms with Gasteiger partial charge in [-0.05, 0) is 51.8 Å². The van der Waals surface area contributed by atoms with Gasteiger partial charge in [0.25, 0.3) is 0 Å². The number of aromatic nitrogens is 3. The zero-order valence-electron chi connectivity index (χ0n) is 17.6. The SMILES string of the molecule is CCOc1ccc2nc(N3CCC(C(=O)NCc4csc(C)n4)CC3)nc(C)c2c1. The first kappa shape index (κ1) is 20.5. The van der Waals surface area contributed by atoms with Gasteiger partial charge >= 0.3 is 0 Å². The molecule has 4 rings (SSSR count). The number of fused-ring (bicyclic) bond motifs is 1. The third kappa shape index (κ3) is 4.53. The minimum atomic E-state index is 0.0243. The number of rotatable bonds is 6.